The molecule has 1 N–H and O–H groups in total. The molecule has 17 heavy (non-hydrogen) atoms. The number of hydrogen-bond donors (Lipinski definition) is 1. The molecule has 0 spiro atoms. The second-order valence-corrected chi connectivity index (χ2v) is 5.50. The number of hydrogen-bond acceptors (Lipinski definition) is 4. The Labute approximate surface area is 102 Å². The number of aliphatic hydroxyl groups is 1. The Morgan fingerprint density at radius 2 is 1.35 bits per heavy atom. The largest absolute Gasteiger partial charge is 0.396 e. The maximum absolute atomic E-state index is 8.72. The molecule has 4 bridgehead atoms. The van der Waals surface area contributed by atoms with Gasteiger partial charge in [0.25, 0.3) is 5.97 Å². The number of rotatable bonds is 6. The molecule has 98 valence electrons. The second-order valence-electron chi connectivity index (χ2n) is 5.50. The Hall–Kier alpha value is -0.160. The van der Waals surface area contributed by atoms with E-state index in [1.165, 1.54) is 0 Å². The molecule has 0 aromatic rings. The lowest BCUT2D eigenvalue weighted by molar-refractivity contribution is -0.495. The standard InChI is InChI=1S/C13H22O4/c14-6-4-2-1-3-5-13-15-10-7-11(16-13)9-12(8-10)17-13/h10-12,14H,1-9H2. The van der Waals surface area contributed by atoms with Crippen molar-refractivity contribution in [3.05, 3.63) is 0 Å². The average molecular weight is 242 g/mol. The van der Waals surface area contributed by atoms with Crippen molar-refractivity contribution in [2.24, 2.45) is 0 Å². The van der Waals surface area contributed by atoms with Gasteiger partial charge < -0.3 is 19.3 Å². The highest BCUT2D eigenvalue weighted by Crippen LogP contribution is 2.46. The summed E-state index contributed by atoms with van der Waals surface area (Å²) in [5, 5.41) is 8.72. The SMILES string of the molecule is OCCCCCCC12OC3CC(CC(C3)O1)O2. The molecule has 1 saturated carbocycles. The van der Waals surface area contributed by atoms with Crippen LogP contribution in [0.25, 0.3) is 0 Å². The summed E-state index contributed by atoms with van der Waals surface area (Å²) >= 11 is 0. The highest BCUT2D eigenvalue weighted by atomic mass is 16.9. The summed E-state index contributed by atoms with van der Waals surface area (Å²) in [6.07, 6.45) is 9.18. The topological polar surface area (TPSA) is 47.9 Å². The van der Waals surface area contributed by atoms with E-state index >= 15 is 0 Å². The van der Waals surface area contributed by atoms with Crippen molar-refractivity contribution in [3.63, 3.8) is 0 Å². The third-order valence-electron chi connectivity index (χ3n) is 4.01. The highest BCUT2D eigenvalue weighted by Gasteiger charge is 2.54. The molecule has 3 heterocycles. The summed E-state index contributed by atoms with van der Waals surface area (Å²) in [7, 11) is 0. The molecule has 4 aliphatic rings. The molecule has 4 nitrogen and oxygen atoms in total. The van der Waals surface area contributed by atoms with Gasteiger partial charge in [-0.25, -0.2) is 0 Å². The average Bonchev–Trinajstić information content (AvgIpc) is 2.26. The van der Waals surface area contributed by atoms with Crippen LogP contribution in [0, 0.1) is 0 Å². The van der Waals surface area contributed by atoms with Crippen LogP contribution in [-0.2, 0) is 14.2 Å². The van der Waals surface area contributed by atoms with E-state index in [9.17, 15) is 0 Å². The van der Waals surface area contributed by atoms with Crippen molar-refractivity contribution in [1.29, 1.82) is 0 Å². The number of aliphatic hydroxyl groups excluding tert-OH is 1. The molecule has 0 unspecified atom stereocenters. The zero-order valence-electron chi connectivity index (χ0n) is 10.3. The van der Waals surface area contributed by atoms with Gasteiger partial charge in [-0.15, -0.1) is 0 Å². The van der Waals surface area contributed by atoms with E-state index in [1.54, 1.807) is 0 Å². The lowest BCUT2D eigenvalue weighted by Gasteiger charge is -2.55. The molecule has 4 rings (SSSR count). The molecule has 3 saturated heterocycles. The zero-order valence-corrected chi connectivity index (χ0v) is 10.3. The lowest BCUT2D eigenvalue weighted by Crippen LogP contribution is -2.62. The summed E-state index contributed by atoms with van der Waals surface area (Å²) in [5.41, 5.74) is 0. The predicted molar refractivity (Wildman–Crippen MR) is 61.4 cm³/mol. The van der Waals surface area contributed by atoms with Crippen LogP contribution in [0.5, 0.6) is 0 Å². The van der Waals surface area contributed by atoms with E-state index < -0.39 is 5.97 Å². The maximum atomic E-state index is 8.72. The van der Waals surface area contributed by atoms with Gasteiger partial charge in [0.15, 0.2) is 0 Å². The summed E-state index contributed by atoms with van der Waals surface area (Å²) < 4.78 is 17.8. The third kappa shape index (κ3) is 2.50. The highest BCUT2D eigenvalue weighted by molar-refractivity contribution is 4.91. The second kappa shape index (κ2) is 4.84. The van der Waals surface area contributed by atoms with Crippen molar-refractivity contribution in [2.75, 3.05) is 6.61 Å². The van der Waals surface area contributed by atoms with E-state index in [0.717, 1.165) is 51.4 Å². The maximum Gasteiger partial charge on any atom is 0.283 e. The normalized spacial score (nSPS) is 43.2. The molecular weight excluding hydrogens is 220 g/mol. The van der Waals surface area contributed by atoms with Crippen LogP contribution in [0.15, 0.2) is 0 Å². The minimum absolute atomic E-state index is 0.293. The van der Waals surface area contributed by atoms with Gasteiger partial charge in [-0.2, -0.15) is 0 Å². The van der Waals surface area contributed by atoms with Crippen LogP contribution in [0.3, 0.4) is 0 Å². The van der Waals surface area contributed by atoms with Crippen LogP contribution in [0.4, 0.5) is 0 Å². The first-order valence-corrected chi connectivity index (χ1v) is 6.94. The van der Waals surface area contributed by atoms with Crippen molar-refractivity contribution >= 4 is 0 Å². The molecular formula is C13H22O4. The van der Waals surface area contributed by atoms with Gasteiger partial charge in [0, 0.05) is 32.3 Å². The molecule has 0 radical (unpaired) electrons. The molecule has 4 heteroatoms. The van der Waals surface area contributed by atoms with Crippen LogP contribution in [0.2, 0.25) is 0 Å². The van der Waals surface area contributed by atoms with E-state index in [-0.39, 0.29) is 0 Å². The Bertz CT molecular complexity index is 231. The van der Waals surface area contributed by atoms with Gasteiger partial charge in [0.1, 0.15) is 0 Å². The molecule has 0 aromatic heterocycles. The molecule has 3 aliphatic heterocycles. The first kappa shape index (κ1) is 11.9. The summed E-state index contributed by atoms with van der Waals surface area (Å²) in [5.74, 6) is -0.714. The van der Waals surface area contributed by atoms with E-state index in [0.29, 0.717) is 24.9 Å². The van der Waals surface area contributed by atoms with Gasteiger partial charge in [-0.3, -0.25) is 0 Å². The lowest BCUT2D eigenvalue weighted by atomic mass is 9.88. The van der Waals surface area contributed by atoms with Crippen molar-refractivity contribution < 1.29 is 19.3 Å². The number of unbranched alkanes of at least 4 members (excludes halogenated alkanes) is 3. The Kier molecular flexibility index (Phi) is 3.39. The summed E-state index contributed by atoms with van der Waals surface area (Å²) in [4.78, 5) is 0. The minimum Gasteiger partial charge on any atom is -0.396 e. The van der Waals surface area contributed by atoms with Crippen LogP contribution < -0.4 is 0 Å². The van der Waals surface area contributed by atoms with Crippen LogP contribution in [0.1, 0.15) is 51.4 Å². The molecule has 0 atom stereocenters. The summed E-state index contributed by atoms with van der Waals surface area (Å²) in [6, 6.07) is 0. The van der Waals surface area contributed by atoms with E-state index in [2.05, 4.69) is 0 Å². The predicted octanol–water partition coefficient (Wildman–Crippen LogP) is 1.95. The minimum atomic E-state index is -0.714. The Balaban J connectivity index is 1.49. The van der Waals surface area contributed by atoms with Crippen molar-refractivity contribution in [2.45, 2.75) is 75.7 Å². The molecule has 0 aromatic carbocycles. The molecule has 0 amide bonds. The fraction of sp³-hybridized carbons (Fsp3) is 1.00. The monoisotopic (exact) mass is 242 g/mol. The first-order valence-electron chi connectivity index (χ1n) is 6.94. The smallest absolute Gasteiger partial charge is 0.283 e. The summed E-state index contributed by atoms with van der Waals surface area (Å²) in [6.45, 7) is 0.293. The van der Waals surface area contributed by atoms with Crippen LogP contribution >= 0.6 is 0 Å². The van der Waals surface area contributed by atoms with E-state index in [1.807, 2.05) is 0 Å². The van der Waals surface area contributed by atoms with Crippen molar-refractivity contribution in [3.8, 4) is 0 Å². The quantitative estimate of drug-likeness (QED) is 0.723. The fourth-order valence-corrected chi connectivity index (χ4v) is 3.29. The Morgan fingerprint density at radius 3 is 1.88 bits per heavy atom. The number of ether oxygens (including phenoxy) is 3. The van der Waals surface area contributed by atoms with Crippen LogP contribution in [-0.4, -0.2) is 36.0 Å². The molecule has 1 aliphatic carbocycles. The molecule has 4 fully saturated rings. The van der Waals surface area contributed by atoms with Gasteiger partial charge in [0.2, 0.25) is 0 Å². The first-order chi connectivity index (χ1) is 8.30. The fourth-order valence-electron chi connectivity index (χ4n) is 3.29. The van der Waals surface area contributed by atoms with Gasteiger partial charge in [-0.1, -0.05) is 12.8 Å². The Morgan fingerprint density at radius 1 is 0.824 bits per heavy atom. The van der Waals surface area contributed by atoms with Gasteiger partial charge in [0.05, 0.1) is 18.3 Å². The van der Waals surface area contributed by atoms with E-state index in [4.69, 9.17) is 19.3 Å². The van der Waals surface area contributed by atoms with Crippen molar-refractivity contribution in [1.82, 2.24) is 0 Å². The zero-order chi connectivity index (χ0) is 11.7. The third-order valence-corrected chi connectivity index (χ3v) is 4.01. The van der Waals surface area contributed by atoms with Gasteiger partial charge >= 0.3 is 0 Å². The van der Waals surface area contributed by atoms with Gasteiger partial charge in [-0.05, 0) is 12.8 Å².